The van der Waals surface area contributed by atoms with Crippen molar-refractivity contribution < 1.29 is 4.42 Å². The molecule has 57 heavy (non-hydrogen) atoms. The van der Waals surface area contributed by atoms with E-state index in [1.54, 1.807) is 0 Å². The van der Waals surface area contributed by atoms with Crippen LogP contribution < -0.4 is 4.90 Å². The molecule has 2 aliphatic carbocycles. The molecule has 0 saturated carbocycles. The van der Waals surface area contributed by atoms with E-state index in [-0.39, 0.29) is 0 Å². The van der Waals surface area contributed by atoms with Gasteiger partial charge in [-0.2, -0.15) is 0 Å². The number of fused-ring (bicyclic) bond motifs is 14. The average Bonchev–Trinajstić information content (AvgIpc) is 3.92. The number of furan rings is 1. The predicted octanol–water partition coefficient (Wildman–Crippen LogP) is 14.7. The minimum atomic E-state index is -0.507. The molecule has 1 spiro atoms. The molecule has 1 aromatic heterocycles. The van der Waals surface area contributed by atoms with Gasteiger partial charge in [-0.1, -0.05) is 176 Å². The zero-order valence-corrected chi connectivity index (χ0v) is 31.1. The van der Waals surface area contributed by atoms with Gasteiger partial charge in [-0.05, 0) is 97.6 Å². The Balaban J connectivity index is 1.11. The Hall–Kier alpha value is -7.42. The van der Waals surface area contributed by atoms with Crippen LogP contribution in [0.15, 0.2) is 217 Å². The molecule has 1 heterocycles. The molecule has 0 N–H and O–H groups in total. The number of hydrogen-bond acceptors (Lipinski definition) is 2. The maximum atomic E-state index is 7.44. The number of nitrogens with zero attached hydrogens (tertiary/aromatic N) is 1. The zero-order valence-electron chi connectivity index (χ0n) is 31.1. The zero-order chi connectivity index (χ0) is 37.5. The van der Waals surface area contributed by atoms with Crippen molar-refractivity contribution in [1.82, 2.24) is 0 Å². The molecule has 0 saturated heterocycles. The molecule has 9 aromatic carbocycles. The largest absolute Gasteiger partial charge is 0.453 e. The van der Waals surface area contributed by atoms with E-state index in [4.69, 9.17) is 4.42 Å². The van der Waals surface area contributed by atoms with Gasteiger partial charge < -0.3 is 9.32 Å². The van der Waals surface area contributed by atoms with Crippen LogP contribution in [-0.4, -0.2) is 0 Å². The van der Waals surface area contributed by atoms with Crippen molar-refractivity contribution in [3.8, 4) is 44.5 Å². The first-order valence-electron chi connectivity index (χ1n) is 19.7. The van der Waals surface area contributed by atoms with Gasteiger partial charge in [0.05, 0.1) is 11.1 Å². The lowest BCUT2D eigenvalue weighted by Crippen LogP contribution is -2.26. The minimum Gasteiger partial charge on any atom is -0.453 e. The lowest BCUT2D eigenvalue weighted by molar-refractivity contribution is 0.652. The summed E-state index contributed by atoms with van der Waals surface area (Å²) in [5.74, 6) is 0. The summed E-state index contributed by atoms with van der Waals surface area (Å²) < 4.78 is 7.44. The molecule has 0 fully saturated rings. The molecule has 2 nitrogen and oxygen atoms in total. The molecule has 2 aliphatic rings. The van der Waals surface area contributed by atoms with Crippen molar-refractivity contribution in [2.24, 2.45) is 0 Å². The second-order valence-electron chi connectivity index (χ2n) is 15.2. The molecule has 0 atom stereocenters. The van der Waals surface area contributed by atoms with Crippen LogP contribution >= 0.6 is 0 Å². The Kier molecular flexibility index (Phi) is 6.88. The van der Waals surface area contributed by atoms with Crippen LogP contribution in [0.5, 0.6) is 0 Å². The van der Waals surface area contributed by atoms with E-state index in [0.29, 0.717) is 0 Å². The minimum absolute atomic E-state index is 0.507. The molecule has 0 amide bonds. The third-order valence-corrected chi connectivity index (χ3v) is 12.3. The normalized spacial score (nSPS) is 13.1. The SMILES string of the molecule is c1ccc(-c2ccc(N(c3ccc(-c4ccccc4)cc3)c3cccc4c3oc3c5c(ccc34)-c3ccccc3C53c4ccccc4-c4ccccc43)cc2)cc1. The molecule has 0 aliphatic heterocycles. The molecule has 12 rings (SSSR count). The second-order valence-corrected chi connectivity index (χ2v) is 15.2. The topological polar surface area (TPSA) is 16.4 Å². The van der Waals surface area contributed by atoms with Gasteiger partial charge in [0.15, 0.2) is 5.58 Å². The number of hydrogen-bond donors (Lipinski definition) is 0. The Morgan fingerprint density at radius 1 is 0.316 bits per heavy atom. The van der Waals surface area contributed by atoms with E-state index in [9.17, 15) is 0 Å². The van der Waals surface area contributed by atoms with Gasteiger partial charge in [-0.3, -0.25) is 0 Å². The van der Waals surface area contributed by atoms with E-state index in [1.807, 2.05) is 0 Å². The highest BCUT2D eigenvalue weighted by Crippen LogP contribution is 2.64. The van der Waals surface area contributed by atoms with Crippen LogP contribution in [0.3, 0.4) is 0 Å². The first-order valence-corrected chi connectivity index (χ1v) is 19.7. The summed E-state index contributed by atoms with van der Waals surface area (Å²) in [6.07, 6.45) is 0. The van der Waals surface area contributed by atoms with E-state index in [2.05, 4.69) is 217 Å². The van der Waals surface area contributed by atoms with Gasteiger partial charge in [-0.25, -0.2) is 0 Å². The summed E-state index contributed by atoms with van der Waals surface area (Å²) in [7, 11) is 0. The molecule has 0 bridgehead atoms. The summed E-state index contributed by atoms with van der Waals surface area (Å²) in [6, 6.07) is 77.0. The maximum Gasteiger partial charge on any atom is 0.159 e. The molecule has 0 radical (unpaired) electrons. The van der Waals surface area contributed by atoms with Crippen molar-refractivity contribution in [3.05, 3.63) is 235 Å². The highest BCUT2D eigenvalue weighted by atomic mass is 16.3. The highest BCUT2D eigenvalue weighted by Gasteiger charge is 2.53. The van der Waals surface area contributed by atoms with E-state index >= 15 is 0 Å². The van der Waals surface area contributed by atoms with E-state index in [0.717, 1.165) is 39.0 Å². The number of anilines is 3. The number of rotatable bonds is 5. The lowest BCUT2D eigenvalue weighted by Gasteiger charge is -2.30. The maximum absolute atomic E-state index is 7.44. The van der Waals surface area contributed by atoms with Gasteiger partial charge in [0, 0.05) is 27.7 Å². The molecule has 0 unspecified atom stereocenters. The van der Waals surface area contributed by atoms with Crippen molar-refractivity contribution in [2.45, 2.75) is 5.41 Å². The number of benzene rings is 9. The van der Waals surface area contributed by atoms with E-state index in [1.165, 1.54) is 66.8 Å². The summed E-state index contributed by atoms with van der Waals surface area (Å²) in [5, 5.41) is 2.22. The smallest absolute Gasteiger partial charge is 0.159 e. The van der Waals surface area contributed by atoms with Gasteiger partial charge in [0.25, 0.3) is 0 Å². The quantitative estimate of drug-likeness (QED) is 0.176. The number of para-hydroxylation sites is 1. The summed E-state index contributed by atoms with van der Waals surface area (Å²) >= 11 is 0. The molecule has 2 heteroatoms. The first-order chi connectivity index (χ1) is 28.3. The Morgan fingerprint density at radius 2 is 0.754 bits per heavy atom. The molecule has 266 valence electrons. The first kappa shape index (κ1) is 31.9. The Morgan fingerprint density at radius 3 is 1.28 bits per heavy atom. The van der Waals surface area contributed by atoms with Gasteiger partial charge >= 0.3 is 0 Å². The molecule has 10 aromatic rings. The fourth-order valence-corrected chi connectivity index (χ4v) is 9.89. The lowest BCUT2D eigenvalue weighted by atomic mass is 9.70. The van der Waals surface area contributed by atoms with Crippen LogP contribution in [0.1, 0.15) is 22.3 Å². The standard InChI is InChI=1S/C55H35NO/c1-3-14-36(15-4-1)38-26-30-40(31-27-38)56(41-32-28-39(29-33-41)37-16-5-2-6-17-37)51-25-13-21-46-47-35-34-45-44-20-9-12-24-50(44)55(52(45)54(47)57-53(46)51)48-22-10-7-18-42(48)43-19-8-11-23-49(43)55/h1-35H. The molecular weight excluding hydrogens is 691 g/mol. The fraction of sp³-hybridized carbons (Fsp3) is 0.0182. The Bertz CT molecular complexity index is 3010. The van der Waals surface area contributed by atoms with Crippen LogP contribution in [-0.2, 0) is 5.41 Å². The summed E-state index contributed by atoms with van der Waals surface area (Å²) in [6.45, 7) is 0. The third-order valence-electron chi connectivity index (χ3n) is 12.3. The van der Waals surface area contributed by atoms with Crippen LogP contribution in [0, 0.1) is 0 Å². The highest BCUT2D eigenvalue weighted by molar-refractivity contribution is 6.14. The molecular formula is C55H35NO. The van der Waals surface area contributed by atoms with Crippen LogP contribution in [0.25, 0.3) is 66.4 Å². The van der Waals surface area contributed by atoms with Crippen molar-refractivity contribution >= 4 is 39.0 Å². The van der Waals surface area contributed by atoms with E-state index < -0.39 is 5.41 Å². The Labute approximate surface area is 331 Å². The van der Waals surface area contributed by atoms with Crippen LogP contribution in [0.2, 0.25) is 0 Å². The fourth-order valence-electron chi connectivity index (χ4n) is 9.89. The average molecular weight is 726 g/mol. The van der Waals surface area contributed by atoms with Gasteiger partial charge in [-0.15, -0.1) is 0 Å². The predicted molar refractivity (Wildman–Crippen MR) is 236 cm³/mol. The summed E-state index contributed by atoms with van der Waals surface area (Å²) in [4.78, 5) is 2.35. The van der Waals surface area contributed by atoms with Gasteiger partial charge in [0.1, 0.15) is 5.58 Å². The van der Waals surface area contributed by atoms with Crippen molar-refractivity contribution in [3.63, 3.8) is 0 Å². The van der Waals surface area contributed by atoms with Crippen molar-refractivity contribution in [1.29, 1.82) is 0 Å². The van der Waals surface area contributed by atoms with Gasteiger partial charge in [0.2, 0.25) is 0 Å². The van der Waals surface area contributed by atoms with Crippen molar-refractivity contribution in [2.75, 3.05) is 4.90 Å². The monoisotopic (exact) mass is 725 g/mol. The third kappa shape index (κ3) is 4.53. The van der Waals surface area contributed by atoms with Crippen LogP contribution in [0.4, 0.5) is 17.1 Å². The second kappa shape index (κ2) is 12.3. The summed E-state index contributed by atoms with van der Waals surface area (Å²) in [5.41, 5.74) is 19.4.